The average Bonchev–Trinajstić information content (AvgIpc) is 2.09. The summed E-state index contributed by atoms with van der Waals surface area (Å²) in [6.45, 7) is 3.55. The van der Waals surface area contributed by atoms with Crippen molar-refractivity contribution in [1.82, 2.24) is 10.2 Å². The second kappa shape index (κ2) is 5.79. The Morgan fingerprint density at radius 2 is 2.08 bits per heavy atom. The SMILES string of the molecule is CN1CCC(NCCCCl)CC1. The highest BCUT2D eigenvalue weighted by atomic mass is 35.5. The van der Waals surface area contributed by atoms with Crippen LogP contribution in [-0.2, 0) is 0 Å². The van der Waals surface area contributed by atoms with E-state index in [-0.39, 0.29) is 0 Å². The van der Waals surface area contributed by atoms with Gasteiger partial charge in [0.1, 0.15) is 0 Å². The van der Waals surface area contributed by atoms with Crippen LogP contribution in [0.15, 0.2) is 0 Å². The Bertz CT molecular complexity index is 111. The zero-order valence-electron chi connectivity index (χ0n) is 7.85. The van der Waals surface area contributed by atoms with Crippen LogP contribution in [-0.4, -0.2) is 43.5 Å². The van der Waals surface area contributed by atoms with E-state index >= 15 is 0 Å². The lowest BCUT2D eigenvalue weighted by Crippen LogP contribution is -2.41. The fourth-order valence-electron chi connectivity index (χ4n) is 1.59. The second-order valence-corrected chi connectivity index (χ2v) is 3.95. The van der Waals surface area contributed by atoms with Crippen LogP contribution >= 0.6 is 11.6 Å². The average molecular weight is 191 g/mol. The van der Waals surface area contributed by atoms with Gasteiger partial charge in [0, 0.05) is 11.9 Å². The molecule has 1 N–H and O–H groups in total. The van der Waals surface area contributed by atoms with Crippen molar-refractivity contribution in [1.29, 1.82) is 0 Å². The van der Waals surface area contributed by atoms with Gasteiger partial charge < -0.3 is 10.2 Å². The van der Waals surface area contributed by atoms with Gasteiger partial charge in [-0.3, -0.25) is 0 Å². The molecule has 1 rings (SSSR count). The summed E-state index contributed by atoms with van der Waals surface area (Å²) in [5.74, 6) is 0.777. The molecule has 1 aliphatic rings. The molecule has 3 heteroatoms. The van der Waals surface area contributed by atoms with E-state index in [0.29, 0.717) is 0 Å². The van der Waals surface area contributed by atoms with Crippen molar-refractivity contribution in [2.75, 3.05) is 32.6 Å². The summed E-state index contributed by atoms with van der Waals surface area (Å²) < 4.78 is 0. The van der Waals surface area contributed by atoms with E-state index < -0.39 is 0 Å². The van der Waals surface area contributed by atoms with Gasteiger partial charge in [0.2, 0.25) is 0 Å². The van der Waals surface area contributed by atoms with Gasteiger partial charge in [-0.2, -0.15) is 0 Å². The van der Waals surface area contributed by atoms with Crippen molar-refractivity contribution in [2.24, 2.45) is 0 Å². The smallest absolute Gasteiger partial charge is 0.0235 e. The number of rotatable bonds is 4. The van der Waals surface area contributed by atoms with E-state index in [2.05, 4.69) is 17.3 Å². The molecule has 0 aliphatic carbocycles. The van der Waals surface area contributed by atoms with Crippen LogP contribution in [0.5, 0.6) is 0 Å². The molecule has 72 valence electrons. The summed E-state index contributed by atoms with van der Waals surface area (Å²) in [6.07, 6.45) is 3.67. The Balaban J connectivity index is 2.01. The van der Waals surface area contributed by atoms with Crippen LogP contribution in [0.2, 0.25) is 0 Å². The van der Waals surface area contributed by atoms with Crippen molar-refractivity contribution in [3.63, 3.8) is 0 Å². The molecule has 0 atom stereocenters. The Morgan fingerprint density at radius 3 is 2.67 bits per heavy atom. The molecule has 1 saturated heterocycles. The molecule has 1 fully saturated rings. The molecule has 12 heavy (non-hydrogen) atoms. The first-order valence-corrected chi connectivity index (χ1v) is 5.34. The zero-order valence-corrected chi connectivity index (χ0v) is 8.61. The summed E-state index contributed by atoms with van der Waals surface area (Å²) in [5.41, 5.74) is 0. The zero-order chi connectivity index (χ0) is 8.81. The molecule has 0 saturated carbocycles. The molecule has 0 amide bonds. The lowest BCUT2D eigenvalue weighted by molar-refractivity contribution is 0.235. The number of hydrogen-bond acceptors (Lipinski definition) is 2. The fourth-order valence-corrected chi connectivity index (χ4v) is 1.72. The van der Waals surface area contributed by atoms with Gasteiger partial charge in [-0.15, -0.1) is 11.6 Å². The predicted molar refractivity (Wildman–Crippen MR) is 53.9 cm³/mol. The third-order valence-electron chi connectivity index (χ3n) is 2.46. The monoisotopic (exact) mass is 190 g/mol. The van der Waals surface area contributed by atoms with Crippen molar-refractivity contribution < 1.29 is 0 Å². The van der Waals surface area contributed by atoms with Gasteiger partial charge in [-0.25, -0.2) is 0 Å². The van der Waals surface area contributed by atoms with E-state index in [1.54, 1.807) is 0 Å². The molecule has 0 aromatic rings. The maximum Gasteiger partial charge on any atom is 0.0235 e. The van der Waals surface area contributed by atoms with Crippen LogP contribution in [0.3, 0.4) is 0 Å². The minimum atomic E-state index is 0.740. The largest absolute Gasteiger partial charge is 0.314 e. The molecule has 0 aromatic heterocycles. The van der Waals surface area contributed by atoms with E-state index in [1.807, 2.05) is 0 Å². The summed E-state index contributed by atoms with van der Waals surface area (Å²) in [4.78, 5) is 2.39. The van der Waals surface area contributed by atoms with Crippen LogP contribution in [0.1, 0.15) is 19.3 Å². The molecule has 0 aromatic carbocycles. The minimum absolute atomic E-state index is 0.740. The number of hydrogen-bond donors (Lipinski definition) is 1. The highest BCUT2D eigenvalue weighted by Gasteiger charge is 2.14. The lowest BCUT2D eigenvalue weighted by Gasteiger charge is -2.29. The molecular formula is C9H19ClN2. The van der Waals surface area contributed by atoms with Gasteiger partial charge in [0.25, 0.3) is 0 Å². The second-order valence-electron chi connectivity index (χ2n) is 3.57. The topological polar surface area (TPSA) is 15.3 Å². The minimum Gasteiger partial charge on any atom is -0.314 e. The Hall–Kier alpha value is 0.210. The first-order chi connectivity index (χ1) is 5.83. The first-order valence-electron chi connectivity index (χ1n) is 4.81. The lowest BCUT2D eigenvalue weighted by atomic mass is 10.1. The van der Waals surface area contributed by atoms with Gasteiger partial charge in [-0.05, 0) is 45.9 Å². The van der Waals surface area contributed by atoms with Crippen LogP contribution in [0, 0.1) is 0 Å². The van der Waals surface area contributed by atoms with Crippen molar-refractivity contribution in [3.05, 3.63) is 0 Å². The molecule has 1 aliphatic heterocycles. The molecule has 0 bridgehead atoms. The van der Waals surface area contributed by atoms with Gasteiger partial charge in [-0.1, -0.05) is 0 Å². The quantitative estimate of drug-likeness (QED) is 0.531. The van der Waals surface area contributed by atoms with Crippen LogP contribution in [0.4, 0.5) is 0 Å². The summed E-state index contributed by atoms with van der Waals surface area (Å²) in [5, 5.41) is 3.53. The van der Waals surface area contributed by atoms with Crippen molar-refractivity contribution >= 4 is 11.6 Å². The number of nitrogens with zero attached hydrogens (tertiary/aromatic N) is 1. The number of alkyl halides is 1. The third kappa shape index (κ3) is 3.74. The predicted octanol–water partition coefficient (Wildman–Crippen LogP) is 1.30. The van der Waals surface area contributed by atoms with Gasteiger partial charge >= 0.3 is 0 Å². The highest BCUT2D eigenvalue weighted by Crippen LogP contribution is 2.07. The molecule has 0 radical (unpaired) electrons. The summed E-state index contributed by atoms with van der Waals surface area (Å²) in [6, 6.07) is 0.740. The maximum atomic E-state index is 5.59. The summed E-state index contributed by atoms with van der Waals surface area (Å²) in [7, 11) is 2.19. The van der Waals surface area contributed by atoms with Crippen molar-refractivity contribution in [2.45, 2.75) is 25.3 Å². The van der Waals surface area contributed by atoms with E-state index in [4.69, 9.17) is 11.6 Å². The van der Waals surface area contributed by atoms with E-state index in [9.17, 15) is 0 Å². The van der Waals surface area contributed by atoms with E-state index in [0.717, 1.165) is 24.9 Å². The third-order valence-corrected chi connectivity index (χ3v) is 2.73. The standard InChI is InChI=1S/C9H19ClN2/c1-12-7-3-9(4-8-12)11-6-2-5-10/h9,11H,2-8H2,1H3. The molecule has 0 unspecified atom stereocenters. The first kappa shape index (κ1) is 10.3. The van der Waals surface area contributed by atoms with Crippen LogP contribution < -0.4 is 5.32 Å². The van der Waals surface area contributed by atoms with Gasteiger partial charge in [0.15, 0.2) is 0 Å². The number of nitrogens with one attached hydrogen (secondary N) is 1. The molecule has 0 spiro atoms. The normalized spacial score (nSPS) is 21.5. The van der Waals surface area contributed by atoms with Crippen LogP contribution in [0.25, 0.3) is 0 Å². The molecular weight excluding hydrogens is 172 g/mol. The van der Waals surface area contributed by atoms with Crippen molar-refractivity contribution in [3.8, 4) is 0 Å². The fraction of sp³-hybridized carbons (Fsp3) is 1.00. The molecule has 1 heterocycles. The molecule has 2 nitrogen and oxygen atoms in total. The number of likely N-dealkylation sites (tertiary alicyclic amines) is 1. The van der Waals surface area contributed by atoms with E-state index in [1.165, 1.54) is 25.9 Å². The Labute approximate surface area is 80.3 Å². The Morgan fingerprint density at radius 1 is 1.42 bits per heavy atom. The maximum absolute atomic E-state index is 5.59. The Kier molecular flexibility index (Phi) is 4.96. The number of halogens is 1. The number of piperidine rings is 1. The summed E-state index contributed by atoms with van der Waals surface area (Å²) >= 11 is 5.59. The highest BCUT2D eigenvalue weighted by molar-refractivity contribution is 6.17. The van der Waals surface area contributed by atoms with Gasteiger partial charge in [0.05, 0.1) is 0 Å².